The lowest BCUT2D eigenvalue weighted by atomic mass is 9.88. The summed E-state index contributed by atoms with van der Waals surface area (Å²) in [6, 6.07) is 15.9. The van der Waals surface area contributed by atoms with Crippen LogP contribution >= 0.6 is 0 Å². The van der Waals surface area contributed by atoms with Crippen LogP contribution in [0.4, 0.5) is 0 Å². The molecule has 2 aromatic carbocycles. The highest BCUT2D eigenvalue weighted by molar-refractivity contribution is 6.06. The summed E-state index contributed by atoms with van der Waals surface area (Å²) in [5.74, 6) is -0.178. The number of aromatic nitrogens is 3. The van der Waals surface area contributed by atoms with Gasteiger partial charge in [0.15, 0.2) is 0 Å². The predicted octanol–water partition coefficient (Wildman–Crippen LogP) is 3.57. The van der Waals surface area contributed by atoms with Crippen LogP contribution in [0.2, 0.25) is 0 Å². The van der Waals surface area contributed by atoms with Gasteiger partial charge in [0.1, 0.15) is 0 Å². The number of pyridine rings is 1. The fraction of sp³-hybridized carbons (Fsp3) is 0.240. The van der Waals surface area contributed by atoms with Crippen molar-refractivity contribution in [1.82, 2.24) is 20.1 Å². The second-order valence-electron chi connectivity index (χ2n) is 8.13. The number of benzene rings is 2. The van der Waals surface area contributed by atoms with E-state index in [1.807, 2.05) is 47.3 Å². The Labute approximate surface area is 180 Å². The van der Waals surface area contributed by atoms with Gasteiger partial charge in [-0.1, -0.05) is 18.2 Å². The van der Waals surface area contributed by atoms with Gasteiger partial charge in [0.25, 0.3) is 5.91 Å². The molecule has 1 fully saturated rings. The molecule has 0 aliphatic heterocycles. The van der Waals surface area contributed by atoms with Crippen LogP contribution in [0, 0.1) is 6.92 Å². The Morgan fingerprint density at radius 3 is 2.68 bits per heavy atom. The number of rotatable bonds is 5. The molecule has 156 valence electrons. The van der Waals surface area contributed by atoms with Crippen LogP contribution in [0.15, 0.2) is 67.1 Å². The number of aryl methyl sites for hydroxylation is 1. The van der Waals surface area contributed by atoms with Crippen molar-refractivity contribution in [3.8, 4) is 5.69 Å². The summed E-state index contributed by atoms with van der Waals surface area (Å²) in [6.07, 6.45) is 7.18. The Morgan fingerprint density at radius 1 is 1.16 bits per heavy atom. The van der Waals surface area contributed by atoms with Crippen molar-refractivity contribution in [3.05, 3.63) is 89.4 Å². The van der Waals surface area contributed by atoms with Gasteiger partial charge in [-0.2, -0.15) is 5.10 Å². The molecular formula is C25H24N4O2. The van der Waals surface area contributed by atoms with Crippen molar-refractivity contribution in [2.75, 3.05) is 0 Å². The molecule has 31 heavy (non-hydrogen) atoms. The molecule has 2 N–H and O–H groups in total. The summed E-state index contributed by atoms with van der Waals surface area (Å²) in [5, 5.41) is 18.1. The summed E-state index contributed by atoms with van der Waals surface area (Å²) >= 11 is 0. The molecule has 1 aliphatic rings. The van der Waals surface area contributed by atoms with Crippen molar-refractivity contribution in [3.63, 3.8) is 0 Å². The second-order valence-corrected chi connectivity index (χ2v) is 8.13. The first kappa shape index (κ1) is 19.5. The lowest BCUT2D eigenvalue weighted by molar-refractivity contribution is 0.0448. The maximum atomic E-state index is 13.0. The predicted molar refractivity (Wildman–Crippen MR) is 119 cm³/mol. The Balaban J connectivity index is 1.48. The summed E-state index contributed by atoms with van der Waals surface area (Å²) in [7, 11) is 0. The Hall–Kier alpha value is -3.51. The van der Waals surface area contributed by atoms with E-state index in [-0.39, 0.29) is 11.9 Å². The van der Waals surface area contributed by atoms with E-state index in [4.69, 9.17) is 0 Å². The van der Waals surface area contributed by atoms with Gasteiger partial charge in [0.05, 0.1) is 28.9 Å². The monoisotopic (exact) mass is 412 g/mol. The van der Waals surface area contributed by atoms with Crippen molar-refractivity contribution in [2.24, 2.45) is 0 Å². The molecule has 0 spiro atoms. The van der Waals surface area contributed by atoms with Gasteiger partial charge in [0.2, 0.25) is 0 Å². The molecule has 2 atom stereocenters. The van der Waals surface area contributed by atoms with Crippen LogP contribution in [-0.4, -0.2) is 37.9 Å². The second kappa shape index (κ2) is 7.96. The van der Waals surface area contributed by atoms with E-state index >= 15 is 0 Å². The van der Waals surface area contributed by atoms with Gasteiger partial charge in [-0.25, -0.2) is 4.68 Å². The van der Waals surface area contributed by atoms with Crippen molar-refractivity contribution in [2.45, 2.75) is 38.3 Å². The van der Waals surface area contributed by atoms with E-state index < -0.39 is 6.10 Å². The van der Waals surface area contributed by atoms with Crippen LogP contribution in [0.3, 0.4) is 0 Å². The molecule has 1 aliphatic carbocycles. The summed E-state index contributed by atoms with van der Waals surface area (Å²) in [5.41, 5.74) is 5.63. The van der Waals surface area contributed by atoms with Gasteiger partial charge >= 0.3 is 0 Å². The van der Waals surface area contributed by atoms with E-state index in [1.165, 1.54) is 0 Å². The molecule has 6 heteroatoms. The number of nitrogens with zero attached hydrogens (tertiary/aromatic N) is 3. The maximum absolute atomic E-state index is 13.0. The molecule has 2 aromatic heterocycles. The van der Waals surface area contributed by atoms with Gasteiger partial charge < -0.3 is 10.4 Å². The largest absolute Gasteiger partial charge is 0.391 e. The normalized spacial score (nSPS) is 18.0. The number of aliphatic hydroxyl groups is 1. The third-order valence-corrected chi connectivity index (χ3v) is 6.17. The Morgan fingerprint density at radius 2 is 2.00 bits per heavy atom. The van der Waals surface area contributed by atoms with Crippen LogP contribution in [-0.2, 0) is 6.42 Å². The lowest BCUT2D eigenvalue weighted by Crippen LogP contribution is -2.50. The molecule has 0 unspecified atom stereocenters. The number of aliphatic hydroxyl groups excluding tert-OH is 1. The first-order valence-corrected chi connectivity index (χ1v) is 10.6. The van der Waals surface area contributed by atoms with Gasteiger partial charge in [-0.3, -0.25) is 9.78 Å². The minimum Gasteiger partial charge on any atom is -0.391 e. The molecule has 2 heterocycles. The average Bonchev–Trinajstić information content (AvgIpc) is 3.33. The topological polar surface area (TPSA) is 80.0 Å². The molecule has 6 nitrogen and oxygen atoms in total. The molecule has 1 saturated carbocycles. The number of fused-ring (bicyclic) bond motifs is 1. The summed E-state index contributed by atoms with van der Waals surface area (Å²) in [6.45, 7) is 2.08. The van der Waals surface area contributed by atoms with Crippen LogP contribution < -0.4 is 5.32 Å². The zero-order valence-electron chi connectivity index (χ0n) is 17.3. The fourth-order valence-corrected chi connectivity index (χ4v) is 4.11. The highest BCUT2D eigenvalue weighted by Crippen LogP contribution is 2.27. The van der Waals surface area contributed by atoms with E-state index in [0.717, 1.165) is 40.6 Å². The molecule has 4 aromatic rings. The third-order valence-electron chi connectivity index (χ3n) is 6.17. The summed E-state index contributed by atoms with van der Waals surface area (Å²) < 4.78 is 1.83. The smallest absolute Gasteiger partial charge is 0.253 e. The average molecular weight is 412 g/mol. The number of hydrogen-bond donors (Lipinski definition) is 2. The molecule has 0 saturated heterocycles. The molecule has 0 radical (unpaired) electrons. The Kier molecular flexibility index (Phi) is 5.00. The molecule has 1 amide bonds. The highest BCUT2D eigenvalue weighted by atomic mass is 16.3. The van der Waals surface area contributed by atoms with Crippen LogP contribution in [0.1, 0.15) is 39.9 Å². The minimum absolute atomic E-state index is 0.175. The number of hydrogen-bond acceptors (Lipinski definition) is 4. The van der Waals surface area contributed by atoms with E-state index in [1.54, 1.807) is 12.4 Å². The van der Waals surface area contributed by atoms with E-state index in [2.05, 4.69) is 34.5 Å². The number of carbonyl (C=O) groups excluding carboxylic acids is 1. The minimum atomic E-state index is -0.457. The van der Waals surface area contributed by atoms with Gasteiger partial charge in [0, 0.05) is 24.0 Å². The Bertz CT molecular complexity index is 1230. The van der Waals surface area contributed by atoms with Crippen LogP contribution in [0.25, 0.3) is 16.6 Å². The first-order valence-electron chi connectivity index (χ1n) is 10.6. The summed E-state index contributed by atoms with van der Waals surface area (Å²) in [4.78, 5) is 17.5. The maximum Gasteiger partial charge on any atom is 0.253 e. The number of carbonyl (C=O) groups is 1. The van der Waals surface area contributed by atoms with E-state index in [9.17, 15) is 9.90 Å². The zero-order chi connectivity index (χ0) is 21.4. The fourth-order valence-electron chi connectivity index (χ4n) is 4.11. The zero-order valence-corrected chi connectivity index (χ0v) is 17.3. The van der Waals surface area contributed by atoms with Crippen molar-refractivity contribution in [1.29, 1.82) is 0 Å². The molecule has 5 rings (SSSR count). The lowest BCUT2D eigenvalue weighted by Gasteiger charge is -2.33. The standard InChI is InChI=1S/C25H24N4O2/c1-16-18(14-17-5-7-19(8-6-17)29-13-3-12-27-29)15-21(24-20(16)4-2-11-26-24)25(31)28-22-9-10-23(22)30/h2-8,11-13,15,22-23,30H,9-10,14H2,1H3,(H,28,31)/t22-,23-/m0/s1. The first-order chi connectivity index (χ1) is 15.1. The quantitative estimate of drug-likeness (QED) is 0.525. The van der Waals surface area contributed by atoms with Crippen LogP contribution in [0.5, 0.6) is 0 Å². The van der Waals surface area contributed by atoms with E-state index in [0.29, 0.717) is 17.5 Å². The highest BCUT2D eigenvalue weighted by Gasteiger charge is 2.31. The van der Waals surface area contributed by atoms with Crippen molar-refractivity contribution >= 4 is 16.8 Å². The SMILES string of the molecule is Cc1c(Cc2ccc(-n3cccn3)cc2)cc(C(=O)N[C@H]2CC[C@@H]2O)c2ncccc12. The number of amides is 1. The number of nitrogens with one attached hydrogen (secondary N) is 1. The third kappa shape index (κ3) is 3.70. The molecule has 0 bridgehead atoms. The van der Waals surface area contributed by atoms with Gasteiger partial charge in [-0.05, 0) is 73.2 Å². The van der Waals surface area contributed by atoms with Gasteiger partial charge in [-0.15, -0.1) is 0 Å². The molecular weight excluding hydrogens is 388 g/mol. The van der Waals surface area contributed by atoms with Crippen molar-refractivity contribution < 1.29 is 9.90 Å².